The molecule has 0 saturated carbocycles. The Morgan fingerprint density at radius 2 is 2.00 bits per heavy atom. The molecule has 1 atom stereocenters. The fourth-order valence-electron chi connectivity index (χ4n) is 2.62. The summed E-state index contributed by atoms with van der Waals surface area (Å²) in [6, 6.07) is 0.365. The molecule has 0 N–H and O–H groups in total. The molecular weight excluding hydrogens is 276 g/mol. The van der Waals surface area contributed by atoms with Gasteiger partial charge in [-0.1, -0.05) is 19.9 Å². The van der Waals surface area contributed by atoms with Gasteiger partial charge in [-0.05, 0) is 57.6 Å². The number of rotatable bonds is 4. The monoisotopic (exact) mass is 302 g/mol. The minimum absolute atomic E-state index is 0.116. The van der Waals surface area contributed by atoms with E-state index in [1.54, 1.807) is 0 Å². The highest BCUT2D eigenvalue weighted by atomic mass is 32.2. The largest absolute Gasteiger partial charge is 0.282 e. The lowest BCUT2D eigenvalue weighted by Crippen LogP contribution is -2.26. The molecule has 3 heteroatoms. The summed E-state index contributed by atoms with van der Waals surface area (Å²) in [7, 11) is 0. The van der Waals surface area contributed by atoms with E-state index >= 15 is 0 Å². The summed E-state index contributed by atoms with van der Waals surface area (Å²) in [6.07, 6.45) is 7.73. The zero-order chi connectivity index (χ0) is 15.6. The molecule has 0 bridgehead atoms. The highest BCUT2D eigenvalue weighted by molar-refractivity contribution is 8.04. The number of hydrogen-bond acceptors (Lipinski definition) is 3. The van der Waals surface area contributed by atoms with Gasteiger partial charge in [0.05, 0.1) is 17.0 Å². The average Bonchev–Trinajstić information content (AvgIpc) is 2.39. The van der Waals surface area contributed by atoms with Gasteiger partial charge in [0.1, 0.15) is 0 Å². The lowest BCUT2D eigenvalue weighted by molar-refractivity contribution is 0.648. The van der Waals surface area contributed by atoms with Gasteiger partial charge in [0.2, 0.25) is 0 Å². The molecule has 2 aliphatic rings. The number of dihydropyridines is 1. The van der Waals surface area contributed by atoms with Crippen LogP contribution in [-0.4, -0.2) is 28.8 Å². The average molecular weight is 302 g/mol. The van der Waals surface area contributed by atoms with Crippen LogP contribution < -0.4 is 0 Å². The summed E-state index contributed by atoms with van der Waals surface area (Å²) >= 11 is 1.86. The second-order valence-corrected chi connectivity index (χ2v) is 7.56. The van der Waals surface area contributed by atoms with Crippen molar-refractivity contribution >= 4 is 23.2 Å². The molecule has 0 aromatic carbocycles. The number of allylic oxidation sites excluding steroid dienone is 5. The Kier molecular flexibility index (Phi) is 4.92. The van der Waals surface area contributed by atoms with Gasteiger partial charge >= 0.3 is 0 Å². The summed E-state index contributed by atoms with van der Waals surface area (Å²) < 4.78 is 0. The summed E-state index contributed by atoms with van der Waals surface area (Å²) in [6.45, 7) is 13.0. The maximum absolute atomic E-state index is 4.95. The molecule has 0 aromatic rings. The van der Waals surface area contributed by atoms with Gasteiger partial charge in [0.25, 0.3) is 0 Å². The zero-order valence-electron chi connectivity index (χ0n) is 14.0. The fourth-order valence-corrected chi connectivity index (χ4v) is 3.43. The third-order valence-electron chi connectivity index (χ3n) is 3.71. The highest BCUT2D eigenvalue weighted by Crippen LogP contribution is 2.35. The number of nitrogens with zero attached hydrogens (tertiary/aromatic N) is 2. The van der Waals surface area contributed by atoms with Crippen molar-refractivity contribution in [3.05, 3.63) is 34.3 Å². The van der Waals surface area contributed by atoms with E-state index in [1.165, 1.54) is 16.1 Å². The van der Waals surface area contributed by atoms with Crippen LogP contribution in [0, 0.1) is 0 Å². The predicted molar refractivity (Wildman–Crippen MR) is 96.8 cm³/mol. The first-order valence-corrected chi connectivity index (χ1v) is 8.79. The van der Waals surface area contributed by atoms with Gasteiger partial charge in [-0.25, -0.2) is 0 Å². The van der Waals surface area contributed by atoms with Gasteiger partial charge in [0.15, 0.2) is 0 Å². The Balaban J connectivity index is 2.49. The van der Waals surface area contributed by atoms with Gasteiger partial charge in [-0.3, -0.25) is 9.98 Å². The first kappa shape index (κ1) is 16.3. The molecular formula is C18H26N2S. The number of fused-ring (bicyclic) bond motifs is 1. The zero-order valence-corrected chi connectivity index (χ0v) is 14.8. The molecule has 0 saturated heterocycles. The molecule has 1 unspecified atom stereocenters. The molecule has 114 valence electrons. The van der Waals surface area contributed by atoms with Crippen molar-refractivity contribution in [2.24, 2.45) is 9.98 Å². The maximum atomic E-state index is 4.95. The molecule has 0 spiro atoms. The highest BCUT2D eigenvalue weighted by Gasteiger charge is 2.28. The lowest BCUT2D eigenvalue weighted by atomic mass is 9.87. The summed E-state index contributed by atoms with van der Waals surface area (Å²) in [5.74, 6) is 1.05. The molecule has 0 amide bonds. The Morgan fingerprint density at radius 3 is 2.62 bits per heavy atom. The van der Waals surface area contributed by atoms with Crippen LogP contribution in [0.15, 0.2) is 44.3 Å². The standard InChI is InChI=1S/C18H26N2S/c1-7-13(4)19-14-9-15-12(3)11-18(5,6)20-17(15)16(10-14)21-8-2/h9-11,13H,7-8H2,1-6H3. The molecule has 1 heterocycles. The smallest absolute Gasteiger partial charge is 0.0796 e. The second kappa shape index (κ2) is 6.35. The lowest BCUT2D eigenvalue weighted by Gasteiger charge is -2.29. The SMILES string of the molecule is CCSC1=CC(=NC(C)CC)C=C2C(C)=CC(C)(C)N=C12. The van der Waals surface area contributed by atoms with Gasteiger partial charge in [-0.2, -0.15) is 0 Å². The first-order chi connectivity index (χ1) is 9.86. The van der Waals surface area contributed by atoms with Crippen LogP contribution in [0.3, 0.4) is 0 Å². The third kappa shape index (κ3) is 3.76. The van der Waals surface area contributed by atoms with Gasteiger partial charge in [-0.15, -0.1) is 11.8 Å². The Hall–Kier alpha value is -1.09. The summed E-state index contributed by atoms with van der Waals surface area (Å²) in [5, 5.41) is 0. The minimum Gasteiger partial charge on any atom is -0.282 e. The predicted octanol–water partition coefficient (Wildman–Crippen LogP) is 4.98. The Bertz CT molecular complexity index is 574. The van der Waals surface area contributed by atoms with Crippen molar-refractivity contribution in [3.63, 3.8) is 0 Å². The molecule has 0 radical (unpaired) electrons. The van der Waals surface area contributed by atoms with Crippen molar-refractivity contribution in [1.82, 2.24) is 0 Å². The number of hydrogen-bond donors (Lipinski definition) is 0. The first-order valence-electron chi connectivity index (χ1n) is 7.80. The maximum Gasteiger partial charge on any atom is 0.0796 e. The normalized spacial score (nSPS) is 23.8. The minimum atomic E-state index is -0.116. The van der Waals surface area contributed by atoms with Crippen molar-refractivity contribution < 1.29 is 0 Å². The van der Waals surface area contributed by atoms with E-state index in [2.05, 4.69) is 59.8 Å². The summed E-state index contributed by atoms with van der Waals surface area (Å²) in [5.41, 5.74) is 4.67. The van der Waals surface area contributed by atoms with Gasteiger partial charge < -0.3 is 0 Å². The van der Waals surface area contributed by atoms with Crippen LogP contribution in [0.2, 0.25) is 0 Å². The van der Waals surface area contributed by atoms with E-state index in [0.29, 0.717) is 6.04 Å². The van der Waals surface area contributed by atoms with E-state index in [0.717, 1.165) is 23.6 Å². The van der Waals surface area contributed by atoms with E-state index < -0.39 is 0 Å². The van der Waals surface area contributed by atoms with Gasteiger partial charge in [0, 0.05) is 16.5 Å². The fraction of sp³-hybridized carbons (Fsp3) is 0.556. The van der Waals surface area contributed by atoms with Crippen LogP contribution in [0.4, 0.5) is 0 Å². The second-order valence-electron chi connectivity index (χ2n) is 6.25. The molecule has 2 rings (SSSR count). The van der Waals surface area contributed by atoms with Crippen molar-refractivity contribution in [2.45, 2.75) is 59.5 Å². The summed E-state index contributed by atoms with van der Waals surface area (Å²) in [4.78, 5) is 11.0. The van der Waals surface area contributed by atoms with Crippen LogP contribution in [0.25, 0.3) is 0 Å². The van der Waals surface area contributed by atoms with E-state index in [4.69, 9.17) is 9.98 Å². The van der Waals surface area contributed by atoms with Crippen LogP contribution in [0.5, 0.6) is 0 Å². The van der Waals surface area contributed by atoms with E-state index in [9.17, 15) is 0 Å². The van der Waals surface area contributed by atoms with Crippen LogP contribution >= 0.6 is 11.8 Å². The van der Waals surface area contributed by atoms with Crippen LogP contribution in [0.1, 0.15) is 48.0 Å². The number of aliphatic imine (C=N–C) groups is 2. The molecule has 21 heavy (non-hydrogen) atoms. The quantitative estimate of drug-likeness (QED) is 0.672. The third-order valence-corrected chi connectivity index (χ3v) is 4.63. The molecule has 1 aliphatic heterocycles. The Morgan fingerprint density at radius 1 is 1.29 bits per heavy atom. The topological polar surface area (TPSA) is 24.7 Å². The molecule has 0 fully saturated rings. The Labute approximate surface area is 133 Å². The number of thioether (sulfide) groups is 1. The van der Waals surface area contributed by atoms with Crippen molar-refractivity contribution in [3.8, 4) is 0 Å². The van der Waals surface area contributed by atoms with Crippen LogP contribution in [-0.2, 0) is 0 Å². The van der Waals surface area contributed by atoms with Crippen molar-refractivity contribution in [2.75, 3.05) is 5.75 Å². The van der Waals surface area contributed by atoms with E-state index in [1.807, 2.05) is 11.8 Å². The van der Waals surface area contributed by atoms with Crippen molar-refractivity contribution in [1.29, 1.82) is 0 Å². The molecule has 0 aromatic heterocycles. The molecule has 2 nitrogen and oxygen atoms in total. The van der Waals surface area contributed by atoms with E-state index in [-0.39, 0.29) is 5.54 Å². The molecule has 1 aliphatic carbocycles.